The van der Waals surface area contributed by atoms with Crippen LogP contribution in [-0.4, -0.2) is 30.6 Å². The van der Waals surface area contributed by atoms with Crippen molar-refractivity contribution >= 4 is 33.4 Å². The number of ether oxygens (including phenoxy) is 2. The van der Waals surface area contributed by atoms with E-state index in [-0.39, 0.29) is 32.7 Å². The molecule has 0 aromatic heterocycles. The van der Waals surface area contributed by atoms with E-state index < -0.39 is 11.8 Å². The van der Waals surface area contributed by atoms with Crippen molar-refractivity contribution in [3.8, 4) is 5.75 Å². The molecule has 0 unspecified atom stereocenters. The van der Waals surface area contributed by atoms with E-state index in [1.807, 2.05) is 0 Å². The number of aliphatic hydroxyl groups excluding tert-OH is 1. The molecule has 0 amide bonds. The van der Waals surface area contributed by atoms with E-state index in [1.54, 1.807) is 19.1 Å². The predicted octanol–water partition coefficient (Wildman–Crippen LogP) is -0.395. The second-order valence-electron chi connectivity index (χ2n) is 3.49. The molecule has 0 aliphatic rings. The summed E-state index contributed by atoms with van der Waals surface area (Å²) < 4.78 is 10.2. The van der Waals surface area contributed by atoms with Crippen LogP contribution < -0.4 is 23.6 Å². The summed E-state index contributed by atoms with van der Waals surface area (Å²) in [7, 11) is 1.48. The molecule has 0 fully saturated rings. The Labute approximate surface area is 138 Å². The molecule has 1 N–H and O–H groups in total. The van der Waals surface area contributed by atoms with E-state index in [4.69, 9.17) is 4.74 Å². The SMILES string of the molecule is CCOC(=O)C(=O)C=C(O)c1cc(Br)cc(OC)c1.[H-].[Li+]. The van der Waals surface area contributed by atoms with Crippen LogP contribution >= 0.6 is 15.9 Å². The molecule has 1 aromatic carbocycles. The zero-order chi connectivity index (χ0) is 14.4. The van der Waals surface area contributed by atoms with E-state index in [0.29, 0.717) is 15.8 Å². The molecular weight excluding hydrogens is 323 g/mol. The van der Waals surface area contributed by atoms with Gasteiger partial charge in [-0.3, -0.25) is 4.79 Å². The average Bonchev–Trinajstić information content (AvgIpc) is 2.38. The number of esters is 1. The summed E-state index contributed by atoms with van der Waals surface area (Å²) in [6.07, 6.45) is 0.819. The second-order valence-corrected chi connectivity index (χ2v) is 4.41. The Balaban J connectivity index is 0. The summed E-state index contributed by atoms with van der Waals surface area (Å²) in [5, 5.41) is 9.81. The second kappa shape index (κ2) is 8.85. The molecule has 7 heteroatoms. The van der Waals surface area contributed by atoms with Crippen molar-refractivity contribution in [1.29, 1.82) is 0 Å². The minimum absolute atomic E-state index is 0. The molecule has 0 spiro atoms. The van der Waals surface area contributed by atoms with Crippen LogP contribution in [0.5, 0.6) is 5.75 Å². The van der Waals surface area contributed by atoms with Gasteiger partial charge in [0.1, 0.15) is 11.5 Å². The fourth-order valence-corrected chi connectivity index (χ4v) is 1.77. The minimum atomic E-state index is -1.00. The van der Waals surface area contributed by atoms with Crippen molar-refractivity contribution in [1.82, 2.24) is 0 Å². The topological polar surface area (TPSA) is 72.8 Å². The third-order valence-electron chi connectivity index (χ3n) is 2.15. The van der Waals surface area contributed by atoms with Gasteiger partial charge < -0.3 is 16.0 Å². The maximum Gasteiger partial charge on any atom is 1.00 e. The summed E-state index contributed by atoms with van der Waals surface area (Å²) in [6, 6.07) is 4.83. The van der Waals surface area contributed by atoms with Gasteiger partial charge in [0.05, 0.1) is 13.7 Å². The van der Waals surface area contributed by atoms with Gasteiger partial charge in [-0.25, -0.2) is 4.79 Å². The maximum atomic E-state index is 11.4. The van der Waals surface area contributed by atoms with Gasteiger partial charge in [-0.05, 0) is 25.1 Å². The summed E-state index contributed by atoms with van der Waals surface area (Å²) in [5.41, 5.74) is 0.351. The number of benzene rings is 1. The Kier molecular flexibility index (Phi) is 8.31. The van der Waals surface area contributed by atoms with Crippen LogP contribution in [0, 0.1) is 0 Å². The van der Waals surface area contributed by atoms with E-state index in [0.717, 1.165) is 6.08 Å². The monoisotopic (exact) mass is 336 g/mol. The molecule has 0 aliphatic carbocycles. The molecule has 1 rings (SSSR count). The van der Waals surface area contributed by atoms with Gasteiger partial charge in [-0.1, -0.05) is 15.9 Å². The van der Waals surface area contributed by atoms with Crippen LogP contribution in [0.2, 0.25) is 0 Å². The van der Waals surface area contributed by atoms with Gasteiger partial charge in [0.15, 0.2) is 0 Å². The van der Waals surface area contributed by atoms with Gasteiger partial charge >= 0.3 is 24.8 Å². The predicted molar refractivity (Wildman–Crippen MR) is 74.1 cm³/mol. The van der Waals surface area contributed by atoms with Crippen LogP contribution in [0.3, 0.4) is 0 Å². The van der Waals surface area contributed by atoms with Crippen molar-refractivity contribution in [2.45, 2.75) is 6.92 Å². The number of hydrogen-bond acceptors (Lipinski definition) is 5. The fraction of sp³-hybridized carbons (Fsp3) is 0.231. The van der Waals surface area contributed by atoms with Crippen molar-refractivity contribution in [3.63, 3.8) is 0 Å². The standard InChI is InChI=1S/C13H13BrO5.Li.H/c1-3-19-13(17)12(16)7-11(15)8-4-9(14)6-10(5-8)18-2;;/h4-7,15H,3H2,1-2H3;;/q;+1;-1. The quantitative estimate of drug-likeness (QED) is 0.260. The number of hydrogen-bond donors (Lipinski definition) is 1. The largest absolute Gasteiger partial charge is 1.00 e. The molecule has 1 aromatic rings. The molecule has 0 saturated carbocycles. The molecule has 5 nitrogen and oxygen atoms in total. The van der Waals surface area contributed by atoms with E-state index in [1.165, 1.54) is 13.2 Å². The Morgan fingerprint density at radius 3 is 2.60 bits per heavy atom. The Hall–Kier alpha value is -1.22. The van der Waals surface area contributed by atoms with Crippen molar-refractivity contribution in [2.75, 3.05) is 13.7 Å². The number of aliphatic hydroxyl groups is 1. The summed E-state index contributed by atoms with van der Waals surface area (Å²) >= 11 is 3.25. The third kappa shape index (κ3) is 5.41. The zero-order valence-corrected chi connectivity index (χ0v) is 13.1. The zero-order valence-electron chi connectivity index (χ0n) is 12.5. The molecule has 0 atom stereocenters. The Morgan fingerprint density at radius 2 is 2.05 bits per heavy atom. The number of methoxy groups -OCH3 is 1. The third-order valence-corrected chi connectivity index (χ3v) is 2.61. The molecule has 0 aliphatic heterocycles. The number of ketones is 1. The van der Waals surface area contributed by atoms with Crippen LogP contribution in [-0.2, 0) is 14.3 Å². The first-order valence-corrected chi connectivity index (χ1v) is 6.24. The van der Waals surface area contributed by atoms with Gasteiger partial charge in [0, 0.05) is 16.1 Å². The van der Waals surface area contributed by atoms with Crippen LogP contribution in [0.4, 0.5) is 0 Å². The molecule has 104 valence electrons. The van der Waals surface area contributed by atoms with Crippen LogP contribution in [0.1, 0.15) is 13.9 Å². The Morgan fingerprint density at radius 1 is 1.40 bits per heavy atom. The van der Waals surface area contributed by atoms with E-state index >= 15 is 0 Å². The number of carbonyl (C=O) groups excluding carboxylic acids is 2. The molecule has 0 bridgehead atoms. The van der Waals surface area contributed by atoms with Crippen molar-refractivity contribution in [2.24, 2.45) is 0 Å². The number of carbonyl (C=O) groups is 2. The Bertz CT molecular complexity index is 533. The van der Waals surface area contributed by atoms with Gasteiger partial charge in [-0.15, -0.1) is 0 Å². The minimum Gasteiger partial charge on any atom is -1.00 e. The van der Waals surface area contributed by atoms with E-state index in [2.05, 4.69) is 20.7 Å². The number of halogens is 1. The normalized spacial score (nSPS) is 10.4. The van der Waals surface area contributed by atoms with Crippen molar-refractivity contribution < 1.29 is 44.5 Å². The first kappa shape index (κ1) is 18.8. The van der Waals surface area contributed by atoms with Gasteiger partial charge in [0.2, 0.25) is 0 Å². The van der Waals surface area contributed by atoms with Gasteiger partial charge in [-0.2, -0.15) is 0 Å². The molecule has 0 radical (unpaired) electrons. The van der Waals surface area contributed by atoms with Gasteiger partial charge in [0.25, 0.3) is 5.78 Å². The molecule has 0 saturated heterocycles. The molecule has 20 heavy (non-hydrogen) atoms. The first-order chi connectivity index (χ1) is 8.97. The summed E-state index contributed by atoms with van der Waals surface area (Å²) in [4.78, 5) is 22.5. The maximum absolute atomic E-state index is 11.4. The summed E-state index contributed by atoms with van der Waals surface area (Å²) in [6.45, 7) is 1.69. The molecule has 0 heterocycles. The first-order valence-electron chi connectivity index (χ1n) is 5.44. The van der Waals surface area contributed by atoms with E-state index in [9.17, 15) is 14.7 Å². The smallest absolute Gasteiger partial charge is 1.00 e. The fourth-order valence-electron chi connectivity index (χ4n) is 1.30. The van der Waals surface area contributed by atoms with Crippen LogP contribution in [0.25, 0.3) is 5.76 Å². The summed E-state index contributed by atoms with van der Waals surface area (Å²) in [5.74, 6) is -1.75. The number of rotatable bonds is 5. The van der Waals surface area contributed by atoms with Crippen molar-refractivity contribution in [3.05, 3.63) is 34.3 Å². The average molecular weight is 337 g/mol. The molecular formula is C13H14BrLiO5. The van der Waals surface area contributed by atoms with Crippen LogP contribution in [0.15, 0.2) is 28.7 Å².